The van der Waals surface area contributed by atoms with Crippen molar-refractivity contribution in [2.75, 3.05) is 10.8 Å². The van der Waals surface area contributed by atoms with Gasteiger partial charge in [-0.05, 0) is 68.3 Å². The summed E-state index contributed by atoms with van der Waals surface area (Å²) in [6, 6.07) is 14.1. The molecule has 0 unspecified atom stereocenters. The van der Waals surface area contributed by atoms with Gasteiger partial charge in [-0.2, -0.15) is 13.2 Å². The molecule has 0 heterocycles. The van der Waals surface area contributed by atoms with Crippen molar-refractivity contribution in [1.29, 1.82) is 0 Å². The average Bonchev–Trinajstić information content (AvgIpc) is 2.95. The lowest BCUT2D eigenvalue weighted by atomic mass is 10.1. The minimum atomic E-state index is -4.76. The molecule has 42 heavy (non-hydrogen) atoms. The number of nitrogens with one attached hydrogen (secondary N) is 1. The summed E-state index contributed by atoms with van der Waals surface area (Å²) >= 11 is 12.2. The number of rotatable bonds is 11. The second-order valence-corrected chi connectivity index (χ2v) is 12.3. The summed E-state index contributed by atoms with van der Waals surface area (Å²) in [5, 5.41) is 3.27. The van der Waals surface area contributed by atoms with Gasteiger partial charge in [-0.3, -0.25) is 13.9 Å². The quantitative estimate of drug-likeness (QED) is 0.257. The van der Waals surface area contributed by atoms with E-state index < -0.39 is 46.2 Å². The summed E-state index contributed by atoms with van der Waals surface area (Å²) in [7, 11) is -4.52. The van der Waals surface area contributed by atoms with Crippen molar-refractivity contribution in [3.05, 3.63) is 94.0 Å². The zero-order valence-corrected chi connectivity index (χ0v) is 25.4. The Hall–Kier alpha value is -3.28. The first-order valence-electron chi connectivity index (χ1n) is 12.9. The van der Waals surface area contributed by atoms with Crippen LogP contribution in [-0.4, -0.2) is 43.8 Å². The lowest BCUT2D eigenvalue weighted by Crippen LogP contribution is -2.52. The Morgan fingerprint density at radius 3 is 2.19 bits per heavy atom. The number of anilines is 1. The van der Waals surface area contributed by atoms with Gasteiger partial charge < -0.3 is 10.2 Å². The first-order valence-corrected chi connectivity index (χ1v) is 15.1. The lowest BCUT2D eigenvalue weighted by Gasteiger charge is -2.32. The molecule has 0 aliphatic heterocycles. The predicted octanol–water partition coefficient (Wildman–Crippen LogP) is 6.54. The van der Waals surface area contributed by atoms with Crippen LogP contribution in [0.3, 0.4) is 0 Å². The predicted molar refractivity (Wildman–Crippen MR) is 157 cm³/mol. The maximum absolute atomic E-state index is 13.9. The number of alkyl halides is 3. The Morgan fingerprint density at radius 2 is 1.60 bits per heavy atom. The van der Waals surface area contributed by atoms with E-state index in [0.29, 0.717) is 22.4 Å². The van der Waals surface area contributed by atoms with E-state index in [2.05, 4.69) is 5.32 Å². The third-order valence-electron chi connectivity index (χ3n) is 6.58. The van der Waals surface area contributed by atoms with Crippen molar-refractivity contribution in [3.63, 3.8) is 0 Å². The summed E-state index contributed by atoms with van der Waals surface area (Å²) in [6.45, 7) is 4.09. The Bertz CT molecular complexity index is 1520. The van der Waals surface area contributed by atoms with E-state index in [-0.39, 0.29) is 33.2 Å². The van der Waals surface area contributed by atoms with Gasteiger partial charge in [0.25, 0.3) is 10.0 Å². The molecule has 226 valence electrons. The highest BCUT2D eigenvalue weighted by Crippen LogP contribution is 2.33. The van der Waals surface area contributed by atoms with Gasteiger partial charge in [0.05, 0.1) is 26.2 Å². The van der Waals surface area contributed by atoms with E-state index >= 15 is 0 Å². The molecule has 0 aliphatic carbocycles. The molecule has 3 aromatic rings. The van der Waals surface area contributed by atoms with Gasteiger partial charge in [0.2, 0.25) is 11.8 Å². The van der Waals surface area contributed by atoms with Crippen LogP contribution in [0.15, 0.2) is 77.7 Å². The van der Waals surface area contributed by atoms with Gasteiger partial charge in [0.1, 0.15) is 12.6 Å². The minimum absolute atomic E-state index is 0.160. The van der Waals surface area contributed by atoms with E-state index in [1.165, 1.54) is 49.4 Å². The van der Waals surface area contributed by atoms with Crippen molar-refractivity contribution in [1.82, 2.24) is 10.2 Å². The largest absolute Gasteiger partial charge is 0.416 e. The molecule has 7 nitrogen and oxygen atoms in total. The molecule has 0 saturated heterocycles. The van der Waals surface area contributed by atoms with Crippen LogP contribution in [0.1, 0.15) is 38.3 Å². The maximum Gasteiger partial charge on any atom is 0.416 e. The summed E-state index contributed by atoms with van der Waals surface area (Å²) < 4.78 is 68.8. The van der Waals surface area contributed by atoms with Crippen LogP contribution in [0, 0.1) is 0 Å². The van der Waals surface area contributed by atoms with Gasteiger partial charge in [-0.25, -0.2) is 8.42 Å². The van der Waals surface area contributed by atoms with Crippen molar-refractivity contribution in [3.8, 4) is 0 Å². The molecule has 0 saturated carbocycles. The van der Waals surface area contributed by atoms with Crippen LogP contribution in [0.25, 0.3) is 0 Å². The maximum atomic E-state index is 13.9. The number of nitrogens with zero attached hydrogens (tertiary/aromatic N) is 2. The van der Waals surface area contributed by atoms with E-state index in [1.807, 2.05) is 6.92 Å². The smallest absolute Gasteiger partial charge is 0.352 e. The highest BCUT2D eigenvalue weighted by molar-refractivity contribution is 7.92. The number of carbonyl (C=O) groups is 2. The van der Waals surface area contributed by atoms with Crippen molar-refractivity contribution in [2.24, 2.45) is 0 Å². The zero-order chi connectivity index (χ0) is 31.2. The van der Waals surface area contributed by atoms with Crippen LogP contribution in [0.4, 0.5) is 18.9 Å². The normalized spacial score (nSPS) is 13.2. The van der Waals surface area contributed by atoms with Gasteiger partial charge in [0.15, 0.2) is 0 Å². The number of carbonyl (C=O) groups excluding carboxylic acids is 2. The molecule has 3 aromatic carbocycles. The average molecular weight is 645 g/mol. The molecule has 3 rings (SSSR count). The Balaban J connectivity index is 2.09. The third-order valence-corrected chi connectivity index (χ3v) is 9.10. The third kappa shape index (κ3) is 8.17. The number of hydrogen-bond acceptors (Lipinski definition) is 4. The number of hydrogen-bond donors (Lipinski definition) is 1. The topological polar surface area (TPSA) is 86.8 Å². The van der Waals surface area contributed by atoms with Crippen LogP contribution in [0.5, 0.6) is 0 Å². The Kier molecular flexibility index (Phi) is 10.9. The molecule has 0 spiro atoms. The SMILES string of the molecule is CC[C@H](C)NC(=O)[C@H](C)N(Cc1ccc(Cl)c(Cl)c1)C(=O)CN(c1cccc(C(F)(F)F)c1)S(=O)(=O)c1ccccc1. The molecule has 0 radical (unpaired) electrons. The fourth-order valence-corrected chi connectivity index (χ4v) is 5.72. The monoisotopic (exact) mass is 643 g/mol. The van der Waals surface area contributed by atoms with Crippen molar-refractivity contribution >= 4 is 50.7 Å². The van der Waals surface area contributed by atoms with Crippen molar-refractivity contribution in [2.45, 2.75) is 56.9 Å². The van der Waals surface area contributed by atoms with Crippen LogP contribution < -0.4 is 9.62 Å². The molecule has 0 bridgehead atoms. The molecular weight excluding hydrogens is 614 g/mol. The first kappa shape index (κ1) is 33.2. The van der Waals surface area contributed by atoms with Crippen molar-refractivity contribution < 1.29 is 31.2 Å². The molecule has 13 heteroatoms. The second-order valence-electron chi connectivity index (χ2n) is 9.64. The fraction of sp³-hybridized carbons (Fsp3) is 0.310. The molecule has 0 fully saturated rings. The summed E-state index contributed by atoms with van der Waals surface area (Å²) in [4.78, 5) is 27.9. The van der Waals surface area contributed by atoms with E-state index in [4.69, 9.17) is 23.2 Å². The highest BCUT2D eigenvalue weighted by atomic mass is 35.5. The van der Waals surface area contributed by atoms with Gasteiger partial charge >= 0.3 is 6.18 Å². The van der Waals surface area contributed by atoms with Crippen LogP contribution in [-0.2, 0) is 32.3 Å². The standard InChI is InChI=1S/C29H30Cl2F3N3O4S/c1-4-19(2)35-28(39)20(3)36(17-21-13-14-25(30)26(31)15-21)27(38)18-37(42(40,41)24-11-6-5-7-12-24)23-10-8-9-22(16-23)29(32,33)34/h5-16,19-20H,4,17-18H2,1-3H3,(H,35,39)/t19-,20-/m0/s1. The summed E-state index contributed by atoms with van der Waals surface area (Å²) in [5.41, 5.74) is -0.958. The summed E-state index contributed by atoms with van der Waals surface area (Å²) in [6.07, 6.45) is -4.14. The molecule has 0 aromatic heterocycles. The Labute approximate surface area is 253 Å². The molecule has 0 aliphatic rings. The van der Waals surface area contributed by atoms with Gasteiger partial charge in [0, 0.05) is 12.6 Å². The number of benzene rings is 3. The van der Waals surface area contributed by atoms with E-state index in [1.54, 1.807) is 19.1 Å². The lowest BCUT2D eigenvalue weighted by molar-refractivity contribution is -0.139. The fourth-order valence-electron chi connectivity index (χ4n) is 3.97. The second kappa shape index (κ2) is 13.8. The zero-order valence-electron chi connectivity index (χ0n) is 23.0. The molecule has 1 N–H and O–H groups in total. The molecule has 2 atom stereocenters. The number of amides is 2. The van der Waals surface area contributed by atoms with E-state index in [9.17, 15) is 31.2 Å². The van der Waals surface area contributed by atoms with Gasteiger partial charge in [-0.1, -0.05) is 60.5 Å². The highest BCUT2D eigenvalue weighted by Gasteiger charge is 2.35. The minimum Gasteiger partial charge on any atom is -0.352 e. The summed E-state index contributed by atoms with van der Waals surface area (Å²) in [5.74, 6) is -1.32. The van der Waals surface area contributed by atoms with Crippen LogP contribution >= 0.6 is 23.2 Å². The number of sulfonamides is 1. The van der Waals surface area contributed by atoms with Crippen LogP contribution in [0.2, 0.25) is 10.0 Å². The van der Waals surface area contributed by atoms with Gasteiger partial charge in [-0.15, -0.1) is 0 Å². The number of halogens is 5. The van der Waals surface area contributed by atoms with E-state index in [0.717, 1.165) is 17.0 Å². The Morgan fingerprint density at radius 1 is 0.929 bits per heavy atom. The molecule has 2 amide bonds. The first-order chi connectivity index (χ1) is 19.6. The molecular formula is C29H30Cl2F3N3O4S.